The SMILES string of the molecule is CCC(NC(=O)c1ccc2n[nH]nc2c1)c1cccs1. The highest BCUT2D eigenvalue weighted by Crippen LogP contribution is 2.22. The van der Waals surface area contributed by atoms with Crippen molar-refractivity contribution < 1.29 is 4.79 Å². The van der Waals surface area contributed by atoms with Crippen molar-refractivity contribution in [2.75, 3.05) is 0 Å². The molecule has 1 atom stereocenters. The van der Waals surface area contributed by atoms with Crippen LogP contribution in [0.5, 0.6) is 0 Å². The Hall–Kier alpha value is -2.21. The molecule has 2 heterocycles. The van der Waals surface area contributed by atoms with Crippen LogP contribution in [0.25, 0.3) is 11.0 Å². The molecule has 1 amide bonds. The van der Waals surface area contributed by atoms with Crippen LogP contribution in [0.3, 0.4) is 0 Å². The summed E-state index contributed by atoms with van der Waals surface area (Å²) < 4.78 is 0. The molecular formula is C14H14N4OS. The molecule has 0 aliphatic carbocycles. The quantitative estimate of drug-likeness (QED) is 0.774. The van der Waals surface area contributed by atoms with Crippen molar-refractivity contribution in [1.82, 2.24) is 20.7 Å². The zero-order valence-corrected chi connectivity index (χ0v) is 11.8. The minimum absolute atomic E-state index is 0.0514. The second-order valence-electron chi connectivity index (χ2n) is 4.48. The molecule has 2 N–H and O–H groups in total. The average Bonchev–Trinajstić information content (AvgIpc) is 3.14. The summed E-state index contributed by atoms with van der Waals surface area (Å²) in [6, 6.07) is 9.39. The summed E-state index contributed by atoms with van der Waals surface area (Å²) in [7, 11) is 0. The Bertz CT molecular complexity index is 720. The summed E-state index contributed by atoms with van der Waals surface area (Å²) in [5, 5.41) is 15.6. The number of nitrogens with one attached hydrogen (secondary N) is 2. The van der Waals surface area contributed by atoms with Gasteiger partial charge in [0.05, 0.1) is 6.04 Å². The van der Waals surface area contributed by atoms with E-state index in [-0.39, 0.29) is 11.9 Å². The number of H-pyrrole nitrogens is 1. The first kappa shape index (κ1) is 12.8. The van der Waals surface area contributed by atoms with Crippen molar-refractivity contribution in [3.8, 4) is 0 Å². The number of carbonyl (C=O) groups is 1. The standard InChI is InChI=1S/C14H14N4OS/c1-2-10(13-4-3-7-20-13)15-14(19)9-5-6-11-12(8-9)17-18-16-11/h3-8,10H,2H2,1H3,(H,15,19)(H,16,17,18). The van der Waals surface area contributed by atoms with Crippen molar-refractivity contribution in [2.24, 2.45) is 0 Å². The molecule has 6 heteroatoms. The van der Waals surface area contributed by atoms with Crippen LogP contribution in [0.2, 0.25) is 0 Å². The molecular weight excluding hydrogens is 272 g/mol. The molecule has 0 saturated heterocycles. The summed E-state index contributed by atoms with van der Waals surface area (Å²) in [5.74, 6) is -0.0878. The van der Waals surface area contributed by atoms with Gasteiger partial charge in [0.1, 0.15) is 11.0 Å². The van der Waals surface area contributed by atoms with Crippen molar-refractivity contribution in [1.29, 1.82) is 0 Å². The lowest BCUT2D eigenvalue weighted by Crippen LogP contribution is -2.27. The topological polar surface area (TPSA) is 70.7 Å². The van der Waals surface area contributed by atoms with Gasteiger partial charge in [0.2, 0.25) is 0 Å². The molecule has 0 radical (unpaired) electrons. The Balaban J connectivity index is 1.81. The maximum absolute atomic E-state index is 12.3. The average molecular weight is 286 g/mol. The molecule has 3 aromatic rings. The Kier molecular flexibility index (Phi) is 3.47. The van der Waals surface area contributed by atoms with Gasteiger partial charge in [-0.15, -0.1) is 11.3 Å². The third-order valence-corrected chi connectivity index (χ3v) is 4.16. The number of rotatable bonds is 4. The zero-order chi connectivity index (χ0) is 13.9. The van der Waals surface area contributed by atoms with Crippen LogP contribution in [0, 0.1) is 0 Å². The Labute approximate surface area is 120 Å². The van der Waals surface area contributed by atoms with E-state index < -0.39 is 0 Å². The second kappa shape index (κ2) is 5.42. The number of aromatic amines is 1. The third kappa shape index (κ3) is 2.42. The molecule has 102 valence electrons. The van der Waals surface area contributed by atoms with E-state index in [0.29, 0.717) is 11.1 Å². The fourth-order valence-electron chi connectivity index (χ4n) is 2.09. The van der Waals surface area contributed by atoms with E-state index in [1.165, 1.54) is 4.88 Å². The summed E-state index contributed by atoms with van der Waals surface area (Å²) >= 11 is 1.65. The van der Waals surface area contributed by atoms with Gasteiger partial charge in [0.15, 0.2) is 0 Å². The van der Waals surface area contributed by atoms with Crippen LogP contribution in [-0.4, -0.2) is 21.3 Å². The van der Waals surface area contributed by atoms with Crippen molar-refractivity contribution >= 4 is 28.3 Å². The number of hydrogen-bond donors (Lipinski definition) is 2. The maximum atomic E-state index is 12.3. The van der Waals surface area contributed by atoms with E-state index >= 15 is 0 Å². The van der Waals surface area contributed by atoms with Gasteiger partial charge in [-0.3, -0.25) is 4.79 Å². The van der Waals surface area contributed by atoms with Crippen LogP contribution in [0.15, 0.2) is 35.7 Å². The summed E-state index contributed by atoms with van der Waals surface area (Å²) in [5.41, 5.74) is 2.05. The molecule has 5 nitrogen and oxygen atoms in total. The minimum atomic E-state index is -0.0878. The van der Waals surface area contributed by atoms with Gasteiger partial charge >= 0.3 is 0 Å². The summed E-state index contributed by atoms with van der Waals surface area (Å²) in [4.78, 5) is 13.5. The first-order valence-electron chi connectivity index (χ1n) is 6.42. The van der Waals surface area contributed by atoms with Crippen LogP contribution >= 0.6 is 11.3 Å². The smallest absolute Gasteiger partial charge is 0.251 e. The third-order valence-electron chi connectivity index (χ3n) is 3.18. The van der Waals surface area contributed by atoms with Crippen molar-refractivity contribution in [3.63, 3.8) is 0 Å². The predicted octanol–water partition coefficient (Wildman–Crippen LogP) is 2.90. The molecule has 0 aliphatic rings. The zero-order valence-electron chi connectivity index (χ0n) is 11.0. The lowest BCUT2D eigenvalue weighted by Gasteiger charge is -2.15. The van der Waals surface area contributed by atoms with Gasteiger partial charge in [-0.05, 0) is 36.1 Å². The van der Waals surface area contributed by atoms with Crippen LogP contribution in [-0.2, 0) is 0 Å². The van der Waals surface area contributed by atoms with Gasteiger partial charge in [-0.2, -0.15) is 15.4 Å². The monoisotopic (exact) mass is 286 g/mol. The van der Waals surface area contributed by atoms with E-state index in [0.717, 1.165) is 11.9 Å². The largest absolute Gasteiger partial charge is 0.344 e. The Morgan fingerprint density at radius 3 is 2.95 bits per heavy atom. The van der Waals surface area contributed by atoms with Crippen molar-refractivity contribution in [3.05, 3.63) is 46.2 Å². The molecule has 3 rings (SSSR count). The fraction of sp³-hybridized carbons (Fsp3) is 0.214. The molecule has 20 heavy (non-hydrogen) atoms. The van der Waals surface area contributed by atoms with E-state index in [1.807, 2.05) is 17.5 Å². The molecule has 0 aliphatic heterocycles. The molecule has 0 saturated carbocycles. The molecule has 0 spiro atoms. The number of thiophene rings is 1. The highest BCUT2D eigenvalue weighted by Gasteiger charge is 2.15. The first-order chi connectivity index (χ1) is 9.78. The van der Waals surface area contributed by atoms with Crippen LogP contribution < -0.4 is 5.32 Å². The minimum Gasteiger partial charge on any atom is -0.344 e. The van der Waals surface area contributed by atoms with Gasteiger partial charge in [0, 0.05) is 10.4 Å². The van der Waals surface area contributed by atoms with E-state index in [9.17, 15) is 4.79 Å². The number of aromatic nitrogens is 3. The molecule has 0 bridgehead atoms. The van der Waals surface area contributed by atoms with E-state index in [2.05, 4.69) is 27.7 Å². The second-order valence-corrected chi connectivity index (χ2v) is 5.46. The first-order valence-corrected chi connectivity index (χ1v) is 7.30. The summed E-state index contributed by atoms with van der Waals surface area (Å²) in [6.07, 6.45) is 0.860. The fourth-order valence-corrected chi connectivity index (χ4v) is 2.95. The highest BCUT2D eigenvalue weighted by atomic mass is 32.1. The van der Waals surface area contributed by atoms with Gasteiger partial charge in [0.25, 0.3) is 5.91 Å². The number of fused-ring (bicyclic) bond motifs is 1. The lowest BCUT2D eigenvalue weighted by atomic mass is 10.1. The molecule has 0 fully saturated rings. The molecule has 1 unspecified atom stereocenters. The van der Waals surface area contributed by atoms with Gasteiger partial charge in [-0.25, -0.2) is 0 Å². The Morgan fingerprint density at radius 1 is 1.35 bits per heavy atom. The van der Waals surface area contributed by atoms with E-state index in [4.69, 9.17) is 0 Å². The lowest BCUT2D eigenvalue weighted by molar-refractivity contribution is 0.0936. The number of hydrogen-bond acceptors (Lipinski definition) is 4. The molecule has 2 aromatic heterocycles. The predicted molar refractivity (Wildman–Crippen MR) is 78.7 cm³/mol. The highest BCUT2D eigenvalue weighted by molar-refractivity contribution is 7.10. The van der Waals surface area contributed by atoms with Crippen molar-refractivity contribution in [2.45, 2.75) is 19.4 Å². The number of nitrogens with zero attached hydrogens (tertiary/aromatic N) is 2. The van der Waals surface area contributed by atoms with E-state index in [1.54, 1.807) is 29.5 Å². The normalized spacial score (nSPS) is 12.4. The molecule has 1 aromatic carbocycles. The maximum Gasteiger partial charge on any atom is 0.251 e. The van der Waals surface area contributed by atoms with Crippen LogP contribution in [0.4, 0.5) is 0 Å². The summed E-state index contributed by atoms with van der Waals surface area (Å²) in [6.45, 7) is 2.06. The van der Waals surface area contributed by atoms with Gasteiger partial charge < -0.3 is 5.32 Å². The number of benzene rings is 1. The Morgan fingerprint density at radius 2 is 2.20 bits per heavy atom. The number of amides is 1. The number of carbonyl (C=O) groups excluding carboxylic acids is 1. The van der Waals surface area contributed by atoms with Crippen LogP contribution in [0.1, 0.15) is 34.6 Å². The van der Waals surface area contributed by atoms with Gasteiger partial charge in [-0.1, -0.05) is 13.0 Å².